The molecule has 0 radical (unpaired) electrons. The third kappa shape index (κ3) is 7.18. The van der Waals surface area contributed by atoms with Crippen molar-refractivity contribution in [2.45, 2.75) is 46.4 Å². The monoisotopic (exact) mass is 868 g/mol. The molecule has 3 aromatic carbocycles. The van der Waals surface area contributed by atoms with E-state index in [1.165, 1.54) is 22.0 Å². The molecule has 0 spiro atoms. The van der Waals surface area contributed by atoms with Gasteiger partial charge in [-0.2, -0.15) is 0 Å². The van der Waals surface area contributed by atoms with E-state index in [4.69, 9.17) is 18.9 Å². The summed E-state index contributed by atoms with van der Waals surface area (Å²) >= 11 is 5.59. The van der Waals surface area contributed by atoms with Gasteiger partial charge in [0, 0.05) is 5.56 Å². The van der Waals surface area contributed by atoms with Gasteiger partial charge < -0.3 is 18.9 Å². The quantitative estimate of drug-likeness (QED) is 0.133. The van der Waals surface area contributed by atoms with Crippen LogP contribution in [0.25, 0.3) is 6.08 Å². The Labute approximate surface area is 296 Å². The zero-order valence-electron chi connectivity index (χ0n) is 25.7. The molecular weight excluding hydrogens is 837 g/mol. The van der Waals surface area contributed by atoms with Crippen LogP contribution in [0.1, 0.15) is 50.4 Å². The van der Waals surface area contributed by atoms with Crippen molar-refractivity contribution in [3.63, 3.8) is 0 Å². The summed E-state index contributed by atoms with van der Waals surface area (Å²) in [5.74, 6) is 0.805. The first kappa shape index (κ1) is 34.1. The highest BCUT2D eigenvalue weighted by molar-refractivity contribution is 14.1. The summed E-state index contributed by atoms with van der Waals surface area (Å²) in [5, 5.41) is 0. The molecule has 0 fully saturated rings. The van der Waals surface area contributed by atoms with Gasteiger partial charge in [0.25, 0.3) is 5.56 Å². The first-order valence-electron chi connectivity index (χ1n) is 14.4. The van der Waals surface area contributed by atoms with E-state index >= 15 is 0 Å². The van der Waals surface area contributed by atoms with Gasteiger partial charge in [-0.1, -0.05) is 35.6 Å². The van der Waals surface area contributed by atoms with Crippen LogP contribution in [0.2, 0.25) is 0 Å². The Kier molecular flexibility index (Phi) is 10.9. The fourth-order valence-electron chi connectivity index (χ4n) is 5.03. The molecule has 0 bridgehead atoms. The molecule has 0 saturated heterocycles. The van der Waals surface area contributed by atoms with Crippen molar-refractivity contribution < 1.29 is 28.1 Å². The Hall–Kier alpha value is -3.24. The summed E-state index contributed by atoms with van der Waals surface area (Å²) in [6.07, 6.45) is 1.73. The van der Waals surface area contributed by atoms with E-state index in [9.17, 15) is 14.0 Å². The molecule has 0 N–H and O–H groups in total. The molecule has 2 heterocycles. The lowest BCUT2D eigenvalue weighted by atomic mass is 9.95. The predicted octanol–water partition coefficient (Wildman–Crippen LogP) is 6.52. The van der Waals surface area contributed by atoms with Crippen LogP contribution in [0.3, 0.4) is 0 Å². The summed E-state index contributed by atoms with van der Waals surface area (Å²) < 4.78 is 40.7. The fourth-order valence-corrected chi connectivity index (χ4v) is 8.20. The average molecular weight is 869 g/mol. The molecule has 1 atom stereocenters. The van der Waals surface area contributed by atoms with E-state index in [1.807, 2.05) is 32.0 Å². The standard InChI is InChI=1S/C34H31FI2N2O6S/c1-6-43-33(41)29-19(4)38-34-39(30(29)21-11-12-26(45-18(2)3)27(16-21)42-5)32(40)28(46-34)15-20-13-24(36)31(25(37)14-20)44-17-22-9-7-8-10-23(22)35/h7-16,18,30H,6,17H2,1-5H3/b28-15-/t30-/m1/s1. The lowest BCUT2D eigenvalue weighted by Gasteiger charge is -2.25. The predicted molar refractivity (Wildman–Crippen MR) is 192 cm³/mol. The van der Waals surface area contributed by atoms with E-state index in [1.54, 1.807) is 57.4 Å². The van der Waals surface area contributed by atoms with Gasteiger partial charge in [0.05, 0.1) is 48.8 Å². The fraction of sp³-hybridized carbons (Fsp3) is 0.265. The number of carbonyl (C=O) groups is 1. The number of fused-ring (bicyclic) bond motifs is 1. The van der Waals surface area contributed by atoms with Crippen molar-refractivity contribution in [2.24, 2.45) is 4.99 Å². The Bertz CT molecular complexity index is 2000. The molecule has 1 aliphatic rings. The molecule has 240 valence electrons. The van der Waals surface area contributed by atoms with Crippen LogP contribution >= 0.6 is 56.5 Å². The highest BCUT2D eigenvalue weighted by Crippen LogP contribution is 2.37. The average Bonchev–Trinajstić information content (AvgIpc) is 3.30. The number of hydrogen-bond donors (Lipinski definition) is 0. The molecule has 4 aromatic rings. The van der Waals surface area contributed by atoms with Crippen molar-refractivity contribution in [3.05, 3.63) is 115 Å². The van der Waals surface area contributed by atoms with E-state index in [2.05, 4.69) is 50.2 Å². The van der Waals surface area contributed by atoms with Crippen molar-refractivity contribution in [2.75, 3.05) is 13.7 Å². The number of rotatable bonds is 10. The maximum atomic E-state index is 14.1. The van der Waals surface area contributed by atoms with Gasteiger partial charge in [-0.15, -0.1) is 0 Å². The summed E-state index contributed by atoms with van der Waals surface area (Å²) in [7, 11) is 1.55. The number of methoxy groups -OCH3 is 1. The van der Waals surface area contributed by atoms with E-state index in [-0.39, 0.29) is 36.3 Å². The molecule has 1 aliphatic heterocycles. The number of thiazole rings is 1. The molecular formula is C34H31FI2N2O6S. The van der Waals surface area contributed by atoms with Gasteiger partial charge in [0.2, 0.25) is 0 Å². The maximum Gasteiger partial charge on any atom is 0.338 e. The van der Waals surface area contributed by atoms with Crippen molar-refractivity contribution in [3.8, 4) is 17.2 Å². The first-order valence-corrected chi connectivity index (χ1v) is 17.4. The van der Waals surface area contributed by atoms with Crippen LogP contribution in [0.4, 0.5) is 4.39 Å². The Morgan fingerprint density at radius 2 is 1.83 bits per heavy atom. The largest absolute Gasteiger partial charge is 0.493 e. The van der Waals surface area contributed by atoms with Crippen molar-refractivity contribution in [1.82, 2.24) is 4.57 Å². The zero-order chi connectivity index (χ0) is 33.1. The normalized spacial score (nSPS) is 14.6. The molecule has 5 rings (SSSR count). The second-order valence-corrected chi connectivity index (χ2v) is 13.9. The number of nitrogens with zero attached hydrogens (tertiary/aromatic N) is 2. The number of aromatic nitrogens is 1. The molecule has 12 heteroatoms. The lowest BCUT2D eigenvalue weighted by Crippen LogP contribution is -2.40. The summed E-state index contributed by atoms with van der Waals surface area (Å²) in [6.45, 7) is 7.59. The van der Waals surface area contributed by atoms with Crippen LogP contribution in [-0.2, 0) is 16.1 Å². The lowest BCUT2D eigenvalue weighted by molar-refractivity contribution is -0.139. The van der Waals surface area contributed by atoms with Crippen molar-refractivity contribution >= 4 is 68.6 Å². The van der Waals surface area contributed by atoms with Gasteiger partial charge in [0.15, 0.2) is 16.3 Å². The molecule has 1 aromatic heterocycles. The van der Waals surface area contributed by atoms with Crippen LogP contribution in [-0.4, -0.2) is 30.4 Å². The van der Waals surface area contributed by atoms with Crippen molar-refractivity contribution in [1.29, 1.82) is 0 Å². The number of esters is 1. The van der Waals surface area contributed by atoms with Crippen LogP contribution in [0.15, 0.2) is 75.7 Å². The number of allylic oxidation sites excluding steroid dienone is 1. The second-order valence-electron chi connectivity index (χ2n) is 10.6. The number of hydrogen-bond acceptors (Lipinski definition) is 8. The number of benzene rings is 3. The highest BCUT2D eigenvalue weighted by Gasteiger charge is 2.34. The number of ether oxygens (including phenoxy) is 4. The van der Waals surface area contributed by atoms with Gasteiger partial charge in [-0.3, -0.25) is 9.36 Å². The molecule has 0 saturated carbocycles. The maximum absolute atomic E-state index is 14.1. The minimum absolute atomic E-state index is 0.0757. The highest BCUT2D eigenvalue weighted by atomic mass is 127. The molecule has 0 unspecified atom stereocenters. The van der Waals surface area contributed by atoms with Gasteiger partial charge in [0.1, 0.15) is 18.2 Å². The second kappa shape index (κ2) is 14.7. The smallest absolute Gasteiger partial charge is 0.338 e. The first-order chi connectivity index (χ1) is 22.0. The minimum atomic E-state index is -0.797. The van der Waals surface area contributed by atoms with E-state index in [0.717, 1.165) is 12.7 Å². The molecule has 0 aliphatic carbocycles. The number of carbonyl (C=O) groups excluding carboxylic acids is 1. The van der Waals surface area contributed by atoms with Crippen LogP contribution < -0.4 is 29.1 Å². The van der Waals surface area contributed by atoms with E-state index < -0.39 is 12.0 Å². The van der Waals surface area contributed by atoms with Crippen LogP contribution in [0.5, 0.6) is 17.2 Å². The van der Waals surface area contributed by atoms with Gasteiger partial charge >= 0.3 is 5.97 Å². The third-order valence-corrected chi connectivity index (χ3v) is 9.62. The Morgan fingerprint density at radius 3 is 2.48 bits per heavy atom. The molecule has 0 amide bonds. The minimum Gasteiger partial charge on any atom is -0.493 e. The van der Waals surface area contributed by atoms with E-state index in [0.29, 0.717) is 43.4 Å². The summed E-state index contributed by atoms with van der Waals surface area (Å²) in [5.41, 5.74) is 2.35. The van der Waals surface area contributed by atoms with Crippen LogP contribution in [0, 0.1) is 13.0 Å². The molecule has 8 nitrogen and oxygen atoms in total. The summed E-state index contributed by atoms with van der Waals surface area (Å²) in [4.78, 5) is 32.5. The zero-order valence-corrected chi connectivity index (χ0v) is 30.9. The SMILES string of the molecule is CCOC(=O)C1=C(C)N=c2s/c(=C\c3cc(I)c(OCc4ccccc4F)c(I)c3)c(=O)n2[C@@H]1c1ccc(OC(C)C)c(OC)c1. The topological polar surface area (TPSA) is 88.4 Å². The summed E-state index contributed by atoms with van der Waals surface area (Å²) in [6, 6.07) is 14.9. The van der Waals surface area contributed by atoms with Gasteiger partial charge in [-0.25, -0.2) is 14.2 Å². The third-order valence-electron chi connectivity index (χ3n) is 7.03. The Morgan fingerprint density at radius 1 is 1.11 bits per heavy atom. The van der Waals surface area contributed by atoms with Gasteiger partial charge in [-0.05, 0) is 120 Å². The molecule has 46 heavy (non-hydrogen) atoms. The number of halogens is 3. The Balaban J connectivity index is 1.58.